The van der Waals surface area contributed by atoms with Crippen LogP contribution in [-0.4, -0.2) is 52.0 Å². The van der Waals surface area contributed by atoms with Crippen molar-refractivity contribution in [3.05, 3.63) is 18.5 Å². The Kier molecular flexibility index (Phi) is 4.77. The van der Waals surface area contributed by atoms with Gasteiger partial charge in [0.25, 0.3) is 0 Å². The van der Waals surface area contributed by atoms with Crippen molar-refractivity contribution < 1.29 is 4.79 Å². The van der Waals surface area contributed by atoms with Crippen molar-refractivity contribution in [2.75, 3.05) is 30.3 Å². The fourth-order valence-electron chi connectivity index (χ4n) is 4.34. The molecule has 1 saturated heterocycles. The topological polar surface area (TPSA) is 96.5 Å². The number of amidine groups is 1. The van der Waals surface area contributed by atoms with Crippen molar-refractivity contribution in [2.45, 2.75) is 31.7 Å². The summed E-state index contributed by atoms with van der Waals surface area (Å²) in [7, 11) is 0. The predicted octanol–water partition coefficient (Wildman–Crippen LogP) is 1.27. The lowest BCUT2D eigenvalue weighted by Gasteiger charge is -2.34. The van der Waals surface area contributed by atoms with Gasteiger partial charge in [-0.3, -0.25) is 9.79 Å². The van der Waals surface area contributed by atoms with Crippen molar-refractivity contribution in [3.63, 3.8) is 0 Å². The van der Waals surface area contributed by atoms with Crippen LogP contribution in [0.4, 0.5) is 5.95 Å². The van der Waals surface area contributed by atoms with Gasteiger partial charge in [-0.15, -0.1) is 0 Å². The number of aromatic nitrogens is 2. The molecule has 1 amide bonds. The number of nitrogens with two attached hydrogens (primary N) is 1. The first-order valence-electron chi connectivity index (χ1n) is 9.42. The van der Waals surface area contributed by atoms with Gasteiger partial charge in [0, 0.05) is 49.6 Å². The second-order valence-corrected chi connectivity index (χ2v) is 8.51. The molecule has 1 aliphatic carbocycles. The van der Waals surface area contributed by atoms with Gasteiger partial charge in [-0.25, -0.2) is 9.97 Å². The Balaban J connectivity index is 1.52. The SMILES string of the molecule is CCCCNC(=O)[C@@H]1C[C@H]1[C@]12CN(c3ncccn3)C[C@H]1CSC(N)=N2. The molecular formula is C18H26N6OS. The summed E-state index contributed by atoms with van der Waals surface area (Å²) in [6.07, 6.45) is 6.55. The minimum atomic E-state index is -0.276. The molecule has 8 heteroatoms. The number of aliphatic imine (C=N–C) groups is 1. The van der Waals surface area contributed by atoms with Gasteiger partial charge in [0.15, 0.2) is 5.17 Å². The third kappa shape index (κ3) is 3.15. The first-order chi connectivity index (χ1) is 12.6. The van der Waals surface area contributed by atoms with Crippen LogP contribution in [0.15, 0.2) is 23.5 Å². The number of anilines is 1. The quantitative estimate of drug-likeness (QED) is 0.728. The Morgan fingerprint density at radius 3 is 3.04 bits per heavy atom. The Labute approximate surface area is 158 Å². The van der Waals surface area contributed by atoms with Crippen molar-refractivity contribution in [3.8, 4) is 0 Å². The molecular weight excluding hydrogens is 348 g/mol. The Bertz CT molecular complexity index is 698. The standard InChI is InChI=1S/C18H26N6OS/c1-2-3-5-20-15(25)13-8-14(13)18-11-24(17-21-6-4-7-22-17)9-12(18)10-26-16(19)23-18/h4,6-7,12-14H,2-3,5,8-11H2,1H3,(H2,19,23)(H,20,25)/t12-,13+,14+,18-/m0/s1. The molecule has 4 atom stereocenters. The zero-order valence-electron chi connectivity index (χ0n) is 15.1. The lowest BCUT2D eigenvalue weighted by atomic mass is 9.83. The number of nitrogens with zero attached hydrogens (tertiary/aromatic N) is 4. The second kappa shape index (κ2) is 7.06. The molecule has 1 aromatic rings. The number of carbonyl (C=O) groups is 1. The lowest BCUT2D eigenvalue weighted by Crippen LogP contribution is -2.46. The number of carbonyl (C=O) groups excluding carboxylic acids is 1. The number of hydrogen-bond donors (Lipinski definition) is 2. The minimum absolute atomic E-state index is 0.0608. The predicted molar refractivity (Wildman–Crippen MR) is 104 cm³/mol. The molecule has 7 nitrogen and oxygen atoms in total. The zero-order chi connectivity index (χ0) is 18.1. The average Bonchev–Trinajstić information content (AvgIpc) is 3.38. The number of nitrogens with one attached hydrogen (secondary N) is 1. The van der Waals surface area contributed by atoms with Crippen molar-refractivity contribution >= 4 is 28.8 Å². The molecule has 0 spiro atoms. The van der Waals surface area contributed by atoms with Gasteiger partial charge >= 0.3 is 0 Å². The Morgan fingerprint density at radius 2 is 2.27 bits per heavy atom. The van der Waals surface area contributed by atoms with Crippen LogP contribution in [0.3, 0.4) is 0 Å². The summed E-state index contributed by atoms with van der Waals surface area (Å²) in [5.41, 5.74) is 5.83. The Morgan fingerprint density at radius 1 is 1.46 bits per heavy atom. The molecule has 3 aliphatic rings. The van der Waals surface area contributed by atoms with E-state index in [1.54, 1.807) is 24.2 Å². The highest BCUT2D eigenvalue weighted by Crippen LogP contribution is 2.56. The smallest absolute Gasteiger partial charge is 0.225 e. The molecule has 0 radical (unpaired) electrons. The molecule has 0 unspecified atom stereocenters. The summed E-state index contributed by atoms with van der Waals surface area (Å²) in [4.78, 5) is 28.4. The van der Waals surface area contributed by atoms with Crippen LogP contribution in [0.25, 0.3) is 0 Å². The van der Waals surface area contributed by atoms with Gasteiger partial charge < -0.3 is 16.0 Å². The van der Waals surface area contributed by atoms with Gasteiger partial charge in [-0.2, -0.15) is 0 Å². The van der Waals surface area contributed by atoms with Gasteiger partial charge in [0.1, 0.15) is 0 Å². The van der Waals surface area contributed by atoms with Crippen molar-refractivity contribution in [1.82, 2.24) is 15.3 Å². The Hall–Kier alpha value is -1.83. The van der Waals surface area contributed by atoms with Crippen LogP contribution < -0.4 is 16.0 Å². The highest BCUT2D eigenvalue weighted by molar-refractivity contribution is 8.13. The maximum atomic E-state index is 12.5. The maximum Gasteiger partial charge on any atom is 0.225 e. The molecule has 0 bridgehead atoms. The van der Waals surface area contributed by atoms with Gasteiger partial charge in [-0.05, 0) is 24.8 Å². The van der Waals surface area contributed by atoms with E-state index in [1.807, 2.05) is 6.07 Å². The lowest BCUT2D eigenvalue weighted by molar-refractivity contribution is -0.122. The van der Waals surface area contributed by atoms with E-state index < -0.39 is 0 Å². The first-order valence-corrected chi connectivity index (χ1v) is 10.4. The molecule has 2 aliphatic heterocycles. The van der Waals surface area contributed by atoms with Crippen molar-refractivity contribution in [2.24, 2.45) is 28.5 Å². The largest absolute Gasteiger partial charge is 0.379 e. The second-order valence-electron chi connectivity index (χ2n) is 7.47. The van der Waals surface area contributed by atoms with Crippen LogP contribution in [0, 0.1) is 17.8 Å². The van der Waals surface area contributed by atoms with Gasteiger partial charge in [-0.1, -0.05) is 25.1 Å². The third-order valence-electron chi connectivity index (χ3n) is 5.78. The molecule has 0 aromatic carbocycles. The van der Waals surface area contributed by atoms with E-state index in [4.69, 9.17) is 10.7 Å². The molecule has 3 N–H and O–H groups in total. The third-order valence-corrected chi connectivity index (χ3v) is 6.73. The summed E-state index contributed by atoms with van der Waals surface area (Å²) in [6, 6.07) is 1.83. The summed E-state index contributed by atoms with van der Waals surface area (Å²) in [5, 5.41) is 3.73. The molecule has 1 aromatic heterocycles. The van der Waals surface area contributed by atoms with Crippen LogP contribution in [-0.2, 0) is 4.79 Å². The average molecular weight is 375 g/mol. The normalized spacial score (nSPS) is 32.7. The fourth-order valence-corrected chi connectivity index (χ4v) is 5.34. The summed E-state index contributed by atoms with van der Waals surface area (Å²) < 4.78 is 0. The molecule has 2 fully saturated rings. The molecule has 26 heavy (non-hydrogen) atoms. The number of rotatable bonds is 6. The summed E-state index contributed by atoms with van der Waals surface area (Å²) >= 11 is 1.62. The van der Waals surface area contributed by atoms with E-state index in [-0.39, 0.29) is 23.3 Å². The zero-order valence-corrected chi connectivity index (χ0v) is 15.9. The number of amides is 1. The highest BCUT2D eigenvalue weighted by atomic mass is 32.2. The fraction of sp³-hybridized carbons (Fsp3) is 0.667. The molecule has 1 saturated carbocycles. The van der Waals surface area contributed by atoms with Crippen LogP contribution in [0.1, 0.15) is 26.2 Å². The van der Waals surface area contributed by atoms with Crippen LogP contribution >= 0.6 is 11.8 Å². The van der Waals surface area contributed by atoms with E-state index in [1.165, 1.54) is 0 Å². The number of hydrogen-bond acceptors (Lipinski definition) is 7. The van der Waals surface area contributed by atoms with Crippen molar-refractivity contribution in [1.29, 1.82) is 0 Å². The molecule has 140 valence electrons. The minimum Gasteiger partial charge on any atom is -0.379 e. The maximum absolute atomic E-state index is 12.5. The van der Waals surface area contributed by atoms with Gasteiger partial charge in [0.05, 0.1) is 5.54 Å². The number of thioether (sulfide) groups is 1. The molecule has 4 rings (SSSR count). The van der Waals surface area contributed by atoms with Gasteiger partial charge in [0.2, 0.25) is 11.9 Å². The van der Waals surface area contributed by atoms with E-state index in [0.29, 0.717) is 11.1 Å². The highest BCUT2D eigenvalue weighted by Gasteiger charge is 2.63. The first kappa shape index (κ1) is 17.6. The summed E-state index contributed by atoms with van der Waals surface area (Å²) in [5.74, 6) is 2.57. The van der Waals surface area contributed by atoms with E-state index in [9.17, 15) is 4.79 Å². The molecule has 3 heterocycles. The summed E-state index contributed by atoms with van der Waals surface area (Å²) in [6.45, 7) is 4.51. The number of fused-ring (bicyclic) bond motifs is 1. The van der Waals surface area contributed by atoms with E-state index in [2.05, 4.69) is 27.1 Å². The monoisotopic (exact) mass is 374 g/mol. The van der Waals surface area contributed by atoms with Crippen LogP contribution in [0.2, 0.25) is 0 Å². The van der Waals surface area contributed by atoms with Crippen LogP contribution in [0.5, 0.6) is 0 Å². The van der Waals surface area contributed by atoms with E-state index >= 15 is 0 Å². The van der Waals surface area contributed by atoms with E-state index in [0.717, 1.165) is 50.6 Å². The number of unbranched alkanes of at least 4 members (excludes halogenated alkanes) is 1.